The average molecular weight is 303 g/mol. The van der Waals surface area contributed by atoms with Crippen LogP contribution in [0.4, 0.5) is 5.95 Å². The van der Waals surface area contributed by atoms with Crippen LogP contribution in [-0.4, -0.2) is 41.4 Å². The summed E-state index contributed by atoms with van der Waals surface area (Å²) in [6.45, 7) is 4.29. The van der Waals surface area contributed by atoms with Gasteiger partial charge in [-0.25, -0.2) is 9.97 Å². The fourth-order valence-corrected chi connectivity index (χ4v) is 1.96. The maximum Gasteiger partial charge on any atom is 0.223 e. The predicted octanol–water partition coefficient (Wildman–Crippen LogP) is 1.95. The number of nitrogens with zero attached hydrogens (tertiary/aromatic N) is 2. The number of aliphatic hydroxyl groups is 1. The van der Waals surface area contributed by atoms with E-state index in [0.717, 1.165) is 11.4 Å². The van der Waals surface area contributed by atoms with Crippen LogP contribution in [0.2, 0.25) is 0 Å². The Hall–Kier alpha value is -2.34. The zero-order valence-corrected chi connectivity index (χ0v) is 13.0. The van der Waals surface area contributed by atoms with Gasteiger partial charge in [0.1, 0.15) is 24.2 Å². The van der Waals surface area contributed by atoms with E-state index in [2.05, 4.69) is 15.3 Å². The van der Waals surface area contributed by atoms with E-state index < -0.39 is 6.10 Å². The summed E-state index contributed by atoms with van der Waals surface area (Å²) in [5.41, 5.74) is 1.77. The van der Waals surface area contributed by atoms with Crippen LogP contribution in [0.15, 0.2) is 30.3 Å². The first-order valence-corrected chi connectivity index (χ1v) is 7.08. The van der Waals surface area contributed by atoms with Gasteiger partial charge in [-0.2, -0.15) is 0 Å². The molecule has 1 aromatic heterocycles. The van der Waals surface area contributed by atoms with Gasteiger partial charge in [0.2, 0.25) is 5.95 Å². The summed E-state index contributed by atoms with van der Waals surface area (Å²) in [6.07, 6.45) is -0.671. The molecule has 0 fully saturated rings. The summed E-state index contributed by atoms with van der Waals surface area (Å²) in [7, 11) is 1.60. The SMILES string of the molecule is COc1cccc(OC[C@@H](O)CNc2nc(C)cc(C)n2)c1. The summed E-state index contributed by atoms with van der Waals surface area (Å²) in [5.74, 6) is 1.88. The number of ether oxygens (including phenoxy) is 2. The first kappa shape index (κ1) is 16.0. The standard InChI is InChI=1S/C16H21N3O3/c1-11-7-12(2)19-16(18-11)17-9-13(20)10-22-15-6-4-5-14(8-15)21-3/h4-8,13,20H,9-10H2,1-3H3,(H,17,18,19)/t13-/m0/s1. The Labute approximate surface area is 130 Å². The number of benzene rings is 1. The molecule has 0 aliphatic carbocycles. The molecule has 1 heterocycles. The topological polar surface area (TPSA) is 76.5 Å². The Balaban J connectivity index is 1.81. The number of anilines is 1. The number of nitrogens with one attached hydrogen (secondary N) is 1. The number of hydrogen-bond donors (Lipinski definition) is 2. The second-order valence-electron chi connectivity index (χ2n) is 5.00. The second-order valence-corrected chi connectivity index (χ2v) is 5.00. The third-order valence-corrected chi connectivity index (χ3v) is 2.96. The molecular weight excluding hydrogens is 282 g/mol. The summed E-state index contributed by atoms with van der Waals surface area (Å²) >= 11 is 0. The highest BCUT2D eigenvalue weighted by atomic mass is 16.5. The van der Waals surface area contributed by atoms with Crippen LogP contribution in [-0.2, 0) is 0 Å². The monoisotopic (exact) mass is 303 g/mol. The minimum Gasteiger partial charge on any atom is -0.497 e. The number of aromatic nitrogens is 2. The van der Waals surface area contributed by atoms with Crippen LogP contribution in [0.5, 0.6) is 11.5 Å². The van der Waals surface area contributed by atoms with Gasteiger partial charge < -0.3 is 19.9 Å². The van der Waals surface area contributed by atoms with Crippen molar-refractivity contribution >= 4 is 5.95 Å². The van der Waals surface area contributed by atoms with Crippen molar-refractivity contribution in [3.05, 3.63) is 41.7 Å². The van der Waals surface area contributed by atoms with Crippen LogP contribution in [0.1, 0.15) is 11.4 Å². The molecule has 1 atom stereocenters. The molecule has 0 unspecified atom stereocenters. The average Bonchev–Trinajstić information content (AvgIpc) is 2.50. The van der Waals surface area contributed by atoms with E-state index in [-0.39, 0.29) is 6.61 Å². The molecule has 118 valence electrons. The van der Waals surface area contributed by atoms with Gasteiger partial charge in [-0.05, 0) is 32.0 Å². The maximum atomic E-state index is 9.96. The smallest absolute Gasteiger partial charge is 0.223 e. The summed E-state index contributed by atoms with van der Waals surface area (Å²) in [4.78, 5) is 8.51. The Kier molecular flexibility index (Phi) is 5.55. The van der Waals surface area contributed by atoms with Crippen molar-refractivity contribution in [3.63, 3.8) is 0 Å². The lowest BCUT2D eigenvalue weighted by Gasteiger charge is -2.14. The van der Waals surface area contributed by atoms with Gasteiger partial charge >= 0.3 is 0 Å². The third kappa shape index (κ3) is 4.89. The first-order chi connectivity index (χ1) is 10.6. The van der Waals surface area contributed by atoms with Crippen LogP contribution >= 0.6 is 0 Å². The number of rotatable bonds is 7. The first-order valence-electron chi connectivity index (χ1n) is 7.08. The Morgan fingerprint density at radius 2 is 1.82 bits per heavy atom. The maximum absolute atomic E-state index is 9.96. The van der Waals surface area contributed by atoms with Crippen molar-refractivity contribution in [1.82, 2.24) is 9.97 Å². The van der Waals surface area contributed by atoms with E-state index in [1.807, 2.05) is 38.1 Å². The summed E-state index contributed by atoms with van der Waals surface area (Å²) < 4.78 is 10.7. The van der Waals surface area contributed by atoms with Gasteiger partial charge in [0.25, 0.3) is 0 Å². The number of methoxy groups -OCH3 is 1. The molecule has 1 aromatic carbocycles. The molecule has 0 radical (unpaired) electrons. The molecule has 2 aromatic rings. The number of hydrogen-bond acceptors (Lipinski definition) is 6. The van der Waals surface area contributed by atoms with Crippen molar-refractivity contribution in [2.24, 2.45) is 0 Å². The minimum absolute atomic E-state index is 0.172. The molecule has 0 amide bonds. The van der Waals surface area contributed by atoms with E-state index in [9.17, 15) is 5.11 Å². The molecule has 2 N–H and O–H groups in total. The molecule has 22 heavy (non-hydrogen) atoms. The lowest BCUT2D eigenvalue weighted by atomic mass is 10.3. The molecule has 0 aliphatic rings. The molecule has 2 rings (SSSR count). The van der Waals surface area contributed by atoms with Crippen LogP contribution < -0.4 is 14.8 Å². The van der Waals surface area contributed by atoms with Gasteiger partial charge in [0, 0.05) is 24.0 Å². The van der Waals surface area contributed by atoms with Crippen molar-refractivity contribution in [3.8, 4) is 11.5 Å². The lowest BCUT2D eigenvalue weighted by Crippen LogP contribution is -2.27. The molecule has 0 bridgehead atoms. The molecule has 0 aliphatic heterocycles. The Morgan fingerprint density at radius 1 is 1.14 bits per heavy atom. The van der Waals surface area contributed by atoms with E-state index >= 15 is 0 Å². The van der Waals surface area contributed by atoms with E-state index in [0.29, 0.717) is 24.0 Å². The highest BCUT2D eigenvalue weighted by molar-refractivity contribution is 5.33. The fourth-order valence-electron chi connectivity index (χ4n) is 1.96. The zero-order chi connectivity index (χ0) is 15.9. The highest BCUT2D eigenvalue weighted by Gasteiger charge is 2.07. The molecule has 0 spiro atoms. The minimum atomic E-state index is -0.671. The number of aliphatic hydroxyl groups excluding tert-OH is 1. The normalized spacial score (nSPS) is 11.8. The molecular formula is C16H21N3O3. The molecule has 0 saturated carbocycles. The Morgan fingerprint density at radius 3 is 2.50 bits per heavy atom. The van der Waals surface area contributed by atoms with Gasteiger partial charge in [-0.3, -0.25) is 0 Å². The summed E-state index contributed by atoms with van der Waals surface area (Å²) in [6, 6.07) is 9.15. The third-order valence-electron chi connectivity index (χ3n) is 2.96. The van der Waals surface area contributed by atoms with Gasteiger partial charge in [0.05, 0.1) is 7.11 Å². The Bertz CT molecular complexity index is 599. The predicted molar refractivity (Wildman–Crippen MR) is 84.5 cm³/mol. The van der Waals surface area contributed by atoms with Crippen molar-refractivity contribution in [2.75, 3.05) is 25.6 Å². The molecule has 6 heteroatoms. The summed E-state index contributed by atoms with van der Waals surface area (Å²) in [5, 5.41) is 13.0. The lowest BCUT2D eigenvalue weighted by molar-refractivity contribution is 0.117. The molecule has 0 saturated heterocycles. The highest BCUT2D eigenvalue weighted by Crippen LogP contribution is 2.18. The van der Waals surface area contributed by atoms with Crippen LogP contribution in [0.3, 0.4) is 0 Å². The largest absolute Gasteiger partial charge is 0.497 e. The second kappa shape index (κ2) is 7.61. The van der Waals surface area contributed by atoms with Gasteiger partial charge in [0.15, 0.2) is 0 Å². The van der Waals surface area contributed by atoms with Crippen molar-refractivity contribution in [1.29, 1.82) is 0 Å². The van der Waals surface area contributed by atoms with Gasteiger partial charge in [-0.1, -0.05) is 6.07 Å². The van der Waals surface area contributed by atoms with Crippen LogP contribution in [0, 0.1) is 13.8 Å². The number of aryl methyl sites for hydroxylation is 2. The van der Waals surface area contributed by atoms with Gasteiger partial charge in [-0.15, -0.1) is 0 Å². The fraction of sp³-hybridized carbons (Fsp3) is 0.375. The molecule has 6 nitrogen and oxygen atoms in total. The van der Waals surface area contributed by atoms with Crippen molar-refractivity contribution in [2.45, 2.75) is 20.0 Å². The van der Waals surface area contributed by atoms with Crippen LogP contribution in [0.25, 0.3) is 0 Å². The van der Waals surface area contributed by atoms with E-state index in [1.54, 1.807) is 13.2 Å². The van der Waals surface area contributed by atoms with E-state index in [1.165, 1.54) is 0 Å². The van der Waals surface area contributed by atoms with Crippen molar-refractivity contribution < 1.29 is 14.6 Å². The zero-order valence-electron chi connectivity index (χ0n) is 13.0. The quantitative estimate of drug-likeness (QED) is 0.814. The van der Waals surface area contributed by atoms with E-state index in [4.69, 9.17) is 9.47 Å².